The molecular weight excluding hydrogens is 282 g/mol. The molecule has 4 nitrogen and oxygen atoms in total. The number of nitrogens with one attached hydrogen (secondary N) is 2. The Bertz CT molecular complexity index is 760. The molecule has 0 saturated heterocycles. The highest BCUT2D eigenvalue weighted by Gasteiger charge is 2.11. The van der Waals surface area contributed by atoms with Gasteiger partial charge in [-0.3, -0.25) is 4.79 Å². The van der Waals surface area contributed by atoms with E-state index in [1.165, 1.54) is 11.3 Å². The molecule has 3 aromatic rings. The number of fused-ring (bicyclic) bond motifs is 1. The lowest BCUT2D eigenvalue weighted by Crippen LogP contribution is -2.10. The fourth-order valence-electron chi connectivity index (χ4n) is 2.26. The molecule has 0 unspecified atom stereocenters. The maximum atomic E-state index is 11.7. The molecular formula is C16H17N3OS. The van der Waals surface area contributed by atoms with Crippen molar-refractivity contribution >= 4 is 33.3 Å². The van der Waals surface area contributed by atoms with Crippen molar-refractivity contribution in [3.63, 3.8) is 0 Å². The number of rotatable bonds is 5. The van der Waals surface area contributed by atoms with Crippen molar-refractivity contribution in [2.45, 2.75) is 26.2 Å². The summed E-state index contributed by atoms with van der Waals surface area (Å²) < 4.78 is 0. The Morgan fingerprint density at radius 3 is 3.10 bits per heavy atom. The van der Waals surface area contributed by atoms with Gasteiger partial charge in [0, 0.05) is 34.5 Å². The summed E-state index contributed by atoms with van der Waals surface area (Å²) in [4.78, 5) is 19.5. The number of thiazole rings is 1. The summed E-state index contributed by atoms with van der Waals surface area (Å²) in [6.07, 6.45) is 4.44. The minimum atomic E-state index is 0.0386. The van der Waals surface area contributed by atoms with Gasteiger partial charge in [0.1, 0.15) is 0 Å². The summed E-state index contributed by atoms with van der Waals surface area (Å²) in [5.74, 6) is 0.0386. The van der Waals surface area contributed by atoms with Crippen LogP contribution in [0.3, 0.4) is 0 Å². The molecule has 0 saturated carbocycles. The molecule has 0 spiro atoms. The van der Waals surface area contributed by atoms with Crippen molar-refractivity contribution in [1.29, 1.82) is 0 Å². The van der Waals surface area contributed by atoms with Crippen LogP contribution in [0, 0.1) is 0 Å². The maximum Gasteiger partial charge on any atom is 0.226 e. The molecule has 0 aliphatic carbocycles. The lowest BCUT2D eigenvalue weighted by Gasteiger charge is -1.99. The Hall–Kier alpha value is -2.14. The Labute approximate surface area is 127 Å². The van der Waals surface area contributed by atoms with Crippen molar-refractivity contribution in [1.82, 2.24) is 9.97 Å². The van der Waals surface area contributed by atoms with Gasteiger partial charge in [0.15, 0.2) is 5.13 Å². The summed E-state index contributed by atoms with van der Waals surface area (Å²) in [6.45, 7) is 2.08. The number of hydrogen-bond acceptors (Lipinski definition) is 3. The highest BCUT2D eigenvalue weighted by molar-refractivity contribution is 7.14. The van der Waals surface area contributed by atoms with Gasteiger partial charge in [-0.1, -0.05) is 31.5 Å². The number of anilines is 1. The van der Waals surface area contributed by atoms with Crippen molar-refractivity contribution in [2.24, 2.45) is 0 Å². The van der Waals surface area contributed by atoms with Crippen LogP contribution < -0.4 is 5.32 Å². The standard InChI is InChI=1S/C16H17N3OS/c1-2-3-8-15(20)19-16-18-14(10-21-16)12-9-17-13-7-5-4-6-11(12)13/h4-7,9-10,17H,2-3,8H2,1H3,(H,18,19,20). The summed E-state index contributed by atoms with van der Waals surface area (Å²) >= 11 is 1.46. The minimum absolute atomic E-state index is 0.0386. The quantitative estimate of drug-likeness (QED) is 0.732. The molecule has 108 valence electrons. The first-order chi connectivity index (χ1) is 10.3. The van der Waals surface area contributed by atoms with E-state index in [9.17, 15) is 4.79 Å². The Morgan fingerprint density at radius 1 is 1.38 bits per heavy atom. The van der Waals surface area contributed by atoms with Gasteiger partial charge in [-0.2, -0.15) is 0 Å². The number of H-pyrrole nitrogens is 1. The van der Waals surface area contributed by atoms with E-state index in [4.69, 9.17) is 0 Å². The van der Waals surface area contributed by atoms with Crippen LogP contribution in [0.25, 0.3) is 22.2 Å². The van der Waals surface area contributed by atoms with E-state index in [1.807, 2.05) is 29.8 Å². The Balaban J connectivity index is 1.80. The van der Waals surface area contributed by atoms with Crippen LogP contribution in [0.4, 0.5) is 5.13 Å². The van der Waals surface area contributed by atoms with E-state index in [-0.39, 0.29) is 5.91 Å². The molecule has 21 heavy (non-hydrogen) atoms. The molecule has 2 N–H and O–H groups in total. The van der Waals surface area contributed by atoms with Crippen molar-refractivity contribution in [3.8, 4) is 11.3 Å². The van der Waals surface area contributed by atoms with Gasteiger partial charge in [0.05, 0.1) is 5.69 Å². The van der Waals surface area contributed by atoms with Crippen LogP contribution >= 0.6 is 11.3 Å². The first kappa shape index (κ1) is 13.8. The molecule has 1 aromatic carbocycles. The fourth-order valence-corrected chi connectivity index (χ4v) is 2.98. The zero-order valence-corrected chi connectivity index (χ0v) is 12.7. The van der Waals surface area contributed by atoms with Gasteiger partial charge < -0.3 is 10.3 Å². The molecule has 0 aliphatic heterocycles. The number of benzene rings is 1. The molecule has 0 radical (unpaired) electrons. The van der Waals surface area contributed by atoms with Crippen molar-refractivity contribution in [3.05, 3.63) is 35.8 Å². The van der Waals surface area contributed by atoms with Gasteiger partial charge in [-0.25, -0.2) is 4.98 Å². The molecule has 5 heteroatoms. The van der Waals surface area contributed by atoms with Gasteiger partial charge in [-0.05, 0) is 12.5 Å². The van der Waals surface area contributed by atoms with E-state index >= 15 is 0 Å². The number of carbonyl (C=O) groups excluding carboxylic acids is 1. The van der Waals surface area contributed by atoms with E-state index in [1.54, 1.807) is 0 Å². The van der Waals surface area contributed by atoms with Gasteiger partial charge in [-0.15, -0.1) is 11.3 Å². The highest BCUT2D eigenvalue weighted by Crippen LogP contribution is 2.30. The van der Waals surface area contributed by atoms with Crippen molar-refractivity contribution < 1.29 is 4.79 Å². The number of hydrogen-bond donors (Lipinski definition) is 2. The zero-order chi connectivity index (χ0) is 14.7. The number of para-hydroxylation sites is 1. The molecule has 1 amide bonds. The molecule has 2 heterocycles. The van der Waals surface area contributed by atoms with Crippen LogP contribution in [-0.2, 0) is 4.79 Å². The predicted octanol–water partition coefficient (Wildman–Crippen LogP) is 4.42. The maximum absolute atomic E-state index is 11.7. The van der Waals surface area contributed by atoms with Crippen LogP contribution in [-0.4, -0.2) is 15.9 Å². The van der Waals surface area contributed by atoms with Crippen LogP contribution in [0.5, 0.6) is 0 Å². The van der Waals surface area contributed by atoms with E-state index < -0.39 is 0 Å². The Kier molecular flexibility index (Phi) is 4.01. The monoisotopic (exact) mass is 299 g/mol. The predicted molar refractivity (Wildman–Crippen MR) is 87.6 cm³/mol. The average molecular weight is 299 g/mol. The second kappa shape index (κ2) is 6.10. The van der Waals surface area contributed by atoms with Crippen LogP contribution in [0.15, 0.2) is 35.8 Å². The number of aromatic amines is 1. The SMILES string of the molecule is CCCCC(=O)Nc1nc(-c2c[nH]c3ccccc23)cs1. The molecule has 3 rings (SSSR count). The third kappa shape index (κ3) is 2.97. The smallest absolute Gasteiger partial charge is 0.226 e. The number of aromatic nitrogens is 2. The number of amides is 1. The zero-order valence-electron chi connectivity index (χ0n) is 11.8. The first-order valence-electron chi connectivity index (χ1n) is 7.10. The second-order valence-electron chi connectivity index (χ2n) is 4.94. The molecule has 0 bridgehead atoms. The highest BCUT2D eigenvalue weighted by atomic mass is 32.1. The van der Waals surface area contributed by atoms with E-state index in [0.717, 1.165) is 35.0 Å². The molecule has 0 fully saturated rings. The summed E-state index contributed by atoms with van der Waals surface area (Å²) in [5.41, 5.74) is 3.05. The van der Waals surface area contributed by atoms with Gasteiger partial charge in [0.25, 0.3) is 0 Å². The summed E-state index contributed by atoms with van der Waals surface area (Å²) in [6, 6.07) is 8.13. The molecule has 0 aliphatic rings. The second-order valence-corrected chi connectivity index (χ2v) is 5.80. The largest absolute Gasteiger partial charge is 0.360 e. The lowest BCUT2D eigenvalue weighted by atomic mass is 10.1. The summed E-state index contributed by atoms with van der Waals surface area (Å²) in [7, 11) is 0. The normalized spacial score (nSPS) is 10.9. The van der Waals surface area contributed by atoms with Crippen LogP contribution in [0.1, 0.15) is 26.2 Å². The van der Waals surface area contributed by atoms with Gasteiger partial charge >= 0.3 is 0 Å². The van der Waals surface area contributed by atoms with E-state index in [2.05, 4.69) is 28.3 Å². The number of carbonyl (C=O) groups is 1. The third-order valence-corrected chi connectivity index (χ3v) is 4.13. The number of nitrogens with zero attached hydrogens (tertiary/aromatic N) is 1. The first-order valence-corrected chi connectivity index (χ1v) is 7.97. The lowest BCUT2D eigenvalue weighted by molar-refractivity contribution is -0.116. The average Bonchev–Trinajstić information content (AvgIpc) is 3.11. The van der Waals surface area contributed by atoms with Crippen molar-refractivity contribution in [2.75, 3.05) is 5.32 Å². The molecule has 2 aromatic heterocycles. The minimum Gasteiger partial charge on any atom is -0.360 e. The summed E-state index contributed by atoms with van der Waals surface area (Å²) in [5, 5.41) is 6.65. The molecule has 0 atom stereocenters. The fraction of sp³-hybridized carbons (Fsp3) is 0.250. The number of unbranched alkanes of at least 4 members (excludes halogenated alkanes) is 1. The van der Waals surface area contributed by atoms with Gasteiger partial charge in [0.2, 0.25) is 5.91 Å². The third-order valence-electron chi connectivity index (χ3n) is 3.37. The van der Waals surface area contributed by atoms with E-state index in [0.29, 0.717) is 11.6 Å². The Morgan fingerprint density at radius 2 is 2.24 bits per heavy atom. The topological polar surface area (TPSA) is 57.8 Å². The van der Waals surface area contributed by atoms with Crippen LogP contribution in [0.2, 0.25) is 0 Å².